The quantitative estimate of drug-likeness (QED) is 0.235. The maximum absolute atomic E-state index is 13.4. The van der Waals surface area contributed by atoms with Gasteiger partial charge in [0, 0.05) is 11.3 Å². The van der Waals surface area contributed by atoms with E-state index in [4.69, 9.17) is 14.2 Å². The van der Waals surface area contributed by atoms with Crippen molar-refractivity contribution in [1.29, 1.82) is 0 Å². The van der Waals surface area contributed by atoms with Crippen LogP contribution < -0.4 is 19.1 Å². The lowest BCUT2D eigenvalue weighted by atomic mass is 9.95. The van der Waals surface area contributed by atoms with E-state index in [-0.39, 0.29) is 23.5 Å². The van der Waals surface area contributed by atoms with Gasteiger partial charge in [0.15, 0.2) is 0 Å². The van der Waals surface area contributed by atoms with E-state index in [9.17, 15) is 14.7 Å². The normalized spacial score (nSPS) is 16.9. The van der Waals surface area contributed by atoms with Gasteiger partial charge in [0.1, 0.15) is 23.0 Å². The van der Waals surface area contributed by atoms with Crippen molar-refractivity contribution < 1.29 is 28.9 Å². The SMILES string of the molecule is COc1ccc(C2/C(=C(/O)c3cccc(OC(C)C)c3)C(=O)C(=O)N2c2ccc(OC(C)C)cc2)cc1. The van der Waals surface area contributed by atoms with Crippen LogP contribution in [0.5, 0.6) is 17.2 Å². The van der Waals surface area contributed by atoms with E-state index in [1.54, 1.807) is 79.9 Å². The molecule has 0 radical (unpaired) electrons. The summed E-state index contributed by atoms with van der Waals surface area (Å²) in [5.74, 6) is 0.0730. The summed E-state index contributed by atoms with van der Waals surface area (Å²) in [5, 5.41) is 11.4. The standard InChI is InChI=1S/C30H31NO6/c1-18(2)36-24-15-11-22(12-16-24)31-27(20-9-13-23(35-5)14-10-20)26(29(33)30(31)34)28(32)21-7-6-8-25(17-21)37-19(3)4/h6-19,27,32H,1-5H3/b28-26-. The van der Waals surface area contributed by atoms with Gasteiger partial charge < -0.3 is 19.3 Å². The Labute approximate surface area is 216 Å². The summed E-state index contributed by atoms with van der Waals surface area (Å²) in [4.78, 5) is 28.2. The Hall–Kier alpha value is -4.26. The molecule has 1 aliphatic heterocycles. The summed E-state index contributed by atoms with van der Waals surface area (Å²) in [6.07, 6.45) is -0.0697. The number of methoxy groups -OCH3 is 1. The van der Waals surface area contributed by atoms with Crippen LogP contribution in [0.2, 0.25) is 0 Å². The Bertz CT molecular complexity index is 1310. The van der Waals surface area contributed by atoms with Gasteiger partial charge in [0.05, 0.1) is 30.9 Å². The molecule has 3 aromatic carbocycles. The molecule has 4 rings (SSSR count). The third-order valence-corrected chi connectivity index (χ3v) is 5.84. The number of carbonyl (C=O) groups excluding carboxylic acids is 2. The Kier molecular flexibility index (Phi) is 7.53. The molecule has 7 nitrogen and oxygen atoms in total. The van der Waals surface area contributed by atoms with E-state index in [0.717, 1.165) is 0 Å². The predicted molar refractivity (Wildman–Crippen MR) is 142 cm³/mol. The molecule has 7 heteroatoms. The topological polar surface area (TPSA) is 85.3 Å². The molecule has 1 atom stereocenters. The van der Waals surface area contributed by atoms with E-state index in [1.807, 2.05) is 27.7 Å². The Morgan fingerprint density at radius 2 is 1.41 bits per heavy atom. The molecule has 192 valence electrons. The minimum atomic E-state index is -0.850. The molecule has 1 heterocycles. The minimum Gasteiger partial charge on any atom is -0.507 e. The van der Waals surface area contributed by atoms with Gasteiger partial charge in [-0.3, -0.25) is 14.5 Å². The Balaban J connectivity index is 1.85. The summed E-state index contributed by atoms with van der Waals surface area (Å²) >= 11 is 0. The van der Waals surface area contributed by atoms with Crippen LogP contribution in [0.1, 0.15) is 44.9 Å². The molecule has 1 N–H and O–H groups in total. The van der Waals surface area contributed by atoms with Crippen molar-refractivity contribution in [2.24, 2.45) is 0 Å². The molecule has 0 saturated carbocycles. The number of hydrogen-bond acceptors (Lipinski definition) is 6. The van der Waals surface area contributed by atoms with Crippen LogP contribution in [0.3, 0.4) is 0 Å². The average Bonchev–Trinajstić information content (AvgIpc) is 3.14. The van der Waals surface area contributed by atoms with Gasteiger partial charge >= 0.3 is 0 Å². The highest BCUT2D eigenvalue weighted by molar-refractivity contribution is 6.51. The lowest BCUT2D eigenvalue weighted by Crippen LogP contribution is -2.29. The van der Waals surface area contributed by atoms with Crippen molar-refractivity contribution in [3.8, 4) is 17.2 Å². The van der Waals surface area contributed by atoms with Crippen molar-refractivity contribution in [1.82, 2.24) is 0 Å². The lowest BCUT2D eigenvalue weighted by Gasteiger charge is -2.26. The largest absolute Gasteiger partial charge is 0.507 e. The first-order chi connectivity index (χ1) is 17.7. The van der Waals surface area contributed by atoms with Gasteiger partial charge in [-0.05, 0) is 81.8 Å². The number of ketones is 1. The van der Waals surface area contributed by atoms with Crippen LogP contribution >= 0.6 is 0 Å². The number of amides is 1. The van der Waals surface area contributed by atoms with Gasteiger partial charge in [-0.25, -0.2) is 0 Å². The number of anilines is 1. The monoisotopic (exact) mass is 501 g/mol. The van der Waals surface area contributed by atoms with Gasteiger partial charge in [-0.15, -0.1) is 0 Å². The molecule has 0 bridgehead atoms. The first-order valence-corrected chi connectivity index (χ1v) is 12.2. The maximum atomic E-state index is 13.4. The van der Waals surface area contributed by atoms with E-state index in [2.05, 4.69) is 0 Å². The average molecular weight is 502 g/mol. The summed E-state index contributed by atoms with van der Waals surface area (Å²) in [6, 6.07) is 20.1. The number of aliphatic hydroxyl groups is 1. The predicted octanol–water partition coefficient (Wildman–Crippen LogP) is 5.90. The minimum absolute atomic E-state index is 0.000583. The highest BCUT2D eigenvalue weighted by atomic mass is 16.5. The molecule has 1 fully saturated rings. The second-order valence-electron chi connectivity index (χ2n) is 9.30. The molecular weight excluding hydrogens is 470 g/mol. The molecular formula is C30H31NO6. The number of ether oxygens (including phenoxy) is 3. The van der Waals surface area contributed by atoms with Crippen LogP contribution in [0.4, 0.5) is 5.69 Å². The number of rotatable bonds is 8. The molecule has 1 saturated heterocycles. The summed E-state index contributed by atoms with van der Waals surface area (Å²) in [5.41, 5.74) is 1.54. The van der Waals surface area contributed by atoms with Crippen molar-refractivity contribution in [2.75, 3.05) is 12.0 Å². The summed E-state index contributed by atoms with van der Waals surface area (Å²) in [6.45, 7) is 7.66. The highest BCUT2D eigenvalue weighted by Gasteiger charge is 2.47. The lowest BCUT2D eigenvalue weighted by molar-refractivity contribution is -0.132. The number of nitrogens with zero attached hydrogens (tertiary/aromatic N) is 1. The first-order valence-electron chi connectivity index (χ1n) is 12.2. The van der Waals surface area contributed by atoms with Gasteiger partial charge in [0.2, 0.25) is 0 Å². The van der Waals surface area contributed by atoms with Gasteiger partial charge in [0.25, 0.3) is 11.7 Å². The maximum Gasteiger partial charge on any atom is 0.300 e. The molecule has 37 heavy (non-hydrogen) atoms. The third-order valence-electron chi connectivity index (χ3n) is 5.84. The fourth-order valence-electron chi connectivity index (χ4n) is 4.30. The molecule has 1 unspecified atom stereocenters. The molecule has 3 aromatic rings. The van der Waals surface area contributed by atoms with Crippen LogP contribution in [-0.4, -0.2) is 36.1 Å². The second-order valence-corrected chi connectivity index (χ2v) is 9.30. The molecule has 0 aliphatic carbocycles. The first kappa shape index (κ1) is 25.8. The van der Waals surface area contributed by atoms with Crippen LogP contribution in [-0.2, 0) is 9.59 Å². The smallest absolute Gasteiger partial charge is 0.300 e. The number of carbonyl (C=O) groups is 2. The Morgan fingerprint density at radius 1 is 0.811 bits per heavy atom. The van der Waals surface area contributed by atoms with Crippen molar-refractivity contribution in [3.05, 3.63) is 89.5 Å². The van der Waals surface area contributed by atoms with E-state index in [1.165, 1.54) is 4.90 Å². The molecule has 1 aliphatic rings. The van der Waals surface area contributed by atoms with Crippen LogP contribution in [0, 0.1) is 0 Å². The van der Waals surface area contributed by atoms with Crippen molar-refractivity contribution in [3.63, 3.8) is 0 Å². The number of aliphatic hydroxyl groups excluding tert-OH is 1. The molecule has 0 spiro atoms. The van der Waals surface area contributed by atoms with E-state index < -0.39 is 17.7 Å². The number of benzene rings is 3. The van der Waals surface area contributed by atoms with Crippen LogP contribution in [0.25, 0.3) is 5.76 Å². The van der Waals surface area contributed by atoms with E-state index >= 15 is 0 Å². The summed E-state index contributed by atoms with van der Waals surface area (Å²) < 4.78 is 16.8. The summed E-state index contributed by atoms with van der Waals surface area (Å²) in [7, 11) is 1.56. The van der Waals surface area contributed by atoms with Crippen molar-refractivity contribution >= 4 is 23.1 Å². The number of Topliss-reactive ketones (excluding diaryl/α,β-unsaturated/α-hetero) is 1. The fourth-order valence-corrected chi connectivity index (χ4v) is 4.30. The molecule has 1 amide bonds. The van der Waals surface area contributed by atoms with Crippen LogP contribution in [0.15, 0.2) is 78.4 Å². The molecule has 0 aromatic heterocycles. The zero-order chi connectivity index (χ0) is 26.7. The van der Waals surface area contributed by atoms with Crippen molar-refractivity contribution in [2.45, 2.75) is 45.9 Å². The second kappa shape index (κ2) is 10.8. The third kappa shape index (κ3) is 5.45. The number of hydrogen-bond donors (Lipinski definition) is 1. The van der Waals surface area contributed by atoms with Gasteiger partial charge in [-0.2, -0.15) is 0 Å². The zero-order valence-electron chi connectivity index (χ0n) is 21.6. The highest BCUT2D eigenvalue weighted by Crippen LogP contribution is 2.43. The van der Waals surface area contributed by atoms with Gasteiger partial charge in [-0.1, -0.05) is 24.3 Å². The fraction of sp³-hybridized carbons (Fsp3) is 0.267. The Morgan fingerprint density at radius 3 is 2.00 bits per heavy atom. The zero-order valence-corrected chi connectivity index (χ0v) is 21.6. The van der Waals surface area contributed by atoms with E-state index in [0.29, 0.717) is 34.1 Å².